The average molecular weight is 243 g/mol. The number of H-pyrrole nitrogens is 1. The van der Waals surface area contributed by atoms with E-state index in [1.54, 1.807) is 0 Å². The number of fused-ring (bicyclic) bond motifs is 1. The predicted octanol–water partition coefficient (Wildman–Crippen LogP) is 0.703. The van der Waals surface area contributed by atoms with Gasteiger partial charge < -0.3 is 10.6 Å². The monoisotopic (exact) mass is 243 g/mol. The Balaban J connectivity index is 1.87. The van der Waals surface area contributed by atoms with Crippen molar-refractivity contribution in [1.82, 2.24) is 20.7 Å². The molecule has 0 unspecified atom stereocenters. The molecule has 0 saturated carbocycles. The van der Waals surface area contributed by atoms with E-state index in [1.165, 1.54) is 11.8 Å². The maximum absolute atomic E-state index is 11.9. The normalized spacial score (nSPS) is 14.0. The van der Waals surface area contributed by atoms with Gasteiger partial charge in [-0.05, 0) is 30.2 Å². The third-order valence-corrected chi connectivity index (χ3v) is 3.04. The van der Waals surface area contributed by atoms with Crippen LogP contribution in [0.25, 0.3) is 0 Å². The highest BCUT2D eigenvalue weighted by atomic mass is 16.2. The number of benzene rings is 1. The second-order valence-corrected chi connectivity index (χ2v) is 4.18. The van der Waals surface area contributed by atoms with Gasteiger partial charge in [0.05, 0.1) is 6.20 Å². The largest absolute Gasteiger partial charge is 0.320 e. The molecule has 2 aromatic rings. The number of rotatable bonds is 2. The molecule has 2 heterocycles. The average Bonchev–Trinajstić information content (AvgIpc) is 2.93. The predicted molar refractivity (Wildman–Crippen MR) is 66.2 cm³/mol. The van der Waals surface area contributed by atoms with E-state index in [0.717, 1.165) is 30.8 Å². The fourth-order valence-corrected chi connectivity index (χ4v) is 2.13. The van der Waals surface area contributed by atoms with Crippen LogP contribution in [0.2, 0.25) is 0 Å². The smallest absolute Gasteiger partial charge is 0.277 e. The lowest BCUT2D eigenvalue weighted by atomic mass is 9.99. The molecule has 6 heteroatoms. The van der Waals surface area contributed by atoms with Crippen LogP contribution in [-0.2, 0) is 13.0 Å². The highest BCUT2D eigenvalue weighted by molar-refractivity contribution is 6.03. The van der Waals surface area contributed by atoms with Gasteiger partial charge in [-0.25, -0.2) is 0 Å². The molecule has 92 valence electrons. The van der Waals surface area contributed by atoms with Gasteiger partial charge in [0.2, 0.25) is 0 Å². The van der Waals surface area contributed by atoms with Crippen molar-refractivity contribution in [3.05, 3.63) is 41.2 Å². The molecular formula is C12H13N5O. The number of aromatic nitrogens is 3. The molecule has 0 saturated heterocycles. The molecule has 0 radical (unpaired) electrons. The summed E-state index contributed by atoms with van der Waals surface area (Å²) in [6.07, 6.45) is 2.39. The highest BCUT2D eigenvalue weighted by Gasteiger charge is 2.15. The lowest BCUT2D eigenvalue weighted by Crippen LogP contribution is -2.25. The van der Waals surface area contributed by atoms with Crippen LogP contribution in [0.1, 0.15) is 21.6 Å². The molecule has 6 nitrogen and oxygen atoms in total. The van der Waals surface area contributed by atoms with Crippen molar-refractivity contribution in [3.8, 4) is 0 Å². The SMILES string of the molecule is O=C(Nc1cccc2c1CNCC2)c1cn[nH]n1. The summed E-state index contributed by atoms with van der Waals surface area (Å²) in [5, 5.41) is 16.0. The summed E-state index contributed by atoms with van der Waals surface area (Å²) in [6.45, 7) is 1.76. The molecule has 1 aromatic carbocycles. The summed E-state index contributed by atoms with van der Waals surface area (Å²) in [5.74, 6) is -0.247. The minimum Gasteiger partial charge on any atom is -0.320 e. The van der Waals surface area contributed by atoms with E-state index < -0.39 is 0 Å². The van der Waals surface area contributed by atoms with Gasteiger partial charge in [-0.3, -0.25) is 4.79 Å². The van der Waals surface area contributed by atoms with Crippen LogP contribution in [0.4, 0.5) is 5.69 Å². The van der Waals surface area contributed by atoms with Crippen molar-refractivity contribution < 1.29 is 4.79 Å². The van der Waals surface area contributed by atoms with E-state index in [1.807, 2.05) is 12.1 Å². The molecule has 0 atom stereocenters. The van der Waals surface area contributed by atoms with Crippen LogP contribution >= 0.6 is 0 Å². The number of nitrogens with one attached hydrogen (secondary N) is 3. The van der Waals surface area contributed by atoms with Crippen molar-refractivity contribution in [2.24, 2.45) is 0 Å². The third-order valence-electron chi connectivity index (χ3n) is 3.04. The zero-order valence-corrected chi connectivity index (χ0v) is 9.73. The molecule has 1 aromatic heterocycles. The van der Waals surface area contributed by atoms with Crippen LogP contribution in [0.15, 0.2) is 24.4 Å². The Bertz CT molecular complexity index is 564. The zero-order chi connectivity index (χ0) is 12.4. The van der Waals surface area contributed by atoms with Crippen molar-refractivity contribution >= 4 is 11.6 Å². The third kappa shape index (κ3) is 1.98. The van der Waals surface area contributed by atoms with Crippen molar-refractivity contribution in [2.45, 2.75) is 13.0 Å². The first-order chi connectivity index (χ1) is 8.84. The number of aromatic amines is 1. The Morgan fingerprint density at radius 1 is 1.39 bits per heavy atom. The van der Waals surface area contributed by atoms with Crippen molar-refractivity contribution in [1.29, 1.82) is 0 Å². The molecule has 0 spiro atoms. The van der Waals surface area contributed by atoms with Crippen molar-refractivity contribution in [3.63, 3.8) is 0 Å². The molecule has 0 aliphatic carbocycles. The zero-order valence-electron chi connectivity index (χ0n) is 9.73. The maximum Gasteiger partial charge on any atom is 0.277 e. The van der Waals surface area contributed by atoms with Gasteiger partial charge in [0.1, 0.15) is 0 Å². The standard InChI is InChI=1S/C12H13N5O/c18-12(11-7-14-17-16-11)15-10-3-1-2-8-4-5-13-6-9(8)10/h1-3,7,13H,4-6H2,(H,15,18)(H,14,16,17). The van der Waals surface area contributed by atoms with E-state index in [2.05, 4.69) is 32.1 Å². The lowest BCUT2D eigenvalue weighted by molar-refractivity contribution is 0.102. The first-order valence-electron chi connectivity index (χ1n) is 5.83. The Kier molecular flexibility index (Phi) is 2.77. The molecule has 18 heavy (non-hydrogen) atoms. The van der Waals surface area contributed by atoms with E-state index >= 15 is 0 Å². The summed E-state index contributed by atoms with van der Waals surface area (Å²) >= 11 is 0. The molecule has 1 amide bonds. The molecule has 1 aliphatic heterocycles. The molecule has 0 fully saturated rings. The van der Waals surface area contributed by atoms with Crippen molar-refractivity contribution in [2.75, 3.05) is 11.9 Å². The second-order valence-electron chi connectivity index (χ2n) is 4.18. The molecular weight excluding hydrogens is 230 g/mol. The Labute approximate surface area is 104 Å². The van der Waals surface area contributed by atoms with E-state index in [9.17, 15) is 4.79 Å². The van der Waals surface area contributed by atoms with E-state index in [4.69, 9.17) is 0 Å². The summed E-state index contributed by atoms with van der Waals surface area (Å²) in [7, 11) is 0. The van der Waals surface area contributed by atoms with Crippen LogP contribution in [0.5, 0.6) is 0 Å². The molecule has 3 N–H and O–H groups in total. The number of carbonyl (C=O) groups excluding carboxylic acids is 1. The van der Waals surface area contributed by atoms with Gasteiger partial charge >= 0.3 is 0 Å². The molecule has 1 aliphatic rings. The molecule has 3 rings (SSSR count). The minimum absolute atomic E-state index is 0.247. The Morgan fingerprint density at radius 2 is 2.33 bits per heavy atom. The number of anilines is 1. The topological polar surface area (TPSA) is 82.7 Å². The second kappa shape index (κ2) is 4.58. The summed E-state index contributed by atoms with van der Waals surface area (Å²) in [6, 6.07) is 5.97. The Morgan fingerprint density at radius 3 is 3.17 bits per heavy atom. The van der Waals surface area contributed by atoms with E-state index in [-0.39, 0.29) is 11.6 Å². The first-order valence-corrected chi connectivity index (χ1v) is 5.83. The fraction of sp³-hybridized carbons (Fsp3) is 0.250. The minimum atomic E-state index is -0.247. The summed E-state index contributed by atoms with van der Waals surface area (Å²) in [5.41, 5.74) is 3.57. The van der Waals surface area contributed by atoms with E-state index in [0.29, 0.717) is 0 Å². The van der Waals surface area contributed by atoms with Crippen LogP contribution in [0.3, 0.4) is 0 Å². The maximum atomic E-state index is 11.9. The number of carbonyl (C=O) groups is 1. The first kappa shape index (κ1) is 10.9. The van der Waals surface area contributed by atoms with Crippen LogP contribution < -0.4 is 10.6 Å². The van der Waals surface area contributed by atoms with Gasteiger partial charge in [0.25, 0.3) is 5.91 Å². The summed E-state index contributed by atoms with van der Waals surface area (Å²) < 4.78 is 0. The number of hydrogen-bond donors (Lipinski definition) is 3. The summed E-state index contributed by atoms with van der Waals surface area (Å²) in [4.78, 5) is 11.9. The van der Waals surface area contributed by atoms with Gasteiger partial charge in [0.15, 0.2) is 5.69 Å². The highest BCUT2D eigenvalue weighted by Crippen LogP contribution is 2.23. The molecule has 0 bridgehead atoms. The Hall–Kier alpha value is -2.21. The lowest BCUT2D eigenvalue weighted by Gasteiger charge is -2.20. The number of nitrogens with zero attached hydrogens (tertiary/aromatic N) is 2. The van der Waals surface area contributed by atoms with Crippen LogP contribution in [-0.4, -0.2) is 27.9 Å². The van der Waals surface area contributed by atoms with Gasteiger partial charge in [0, 0.05) is 12.2 Å². The fourth-order valence-electron chi connectivity index (χ4n) is 2.13. The van der Waals surface area contributed by atoms with Gasteiger partial charge in [-0.2, -0.15) is 15.4 Å². The number of amides is 1. The van der Waals surface area contributed by atoms with Gasteiger partial charge in [-0.15, -0.1) is 0 Å². The van der Waals surface area contributed by atoms with Crippen LogP contribution in [0, 0.1) is 0 Å². The quantitative estimate of drug-likeness (QED) is 0.725. The number of hydrogen-bond acceptors (Lipinski definition) is 4. The van der Waals surface area contributed by atoms with Gasteiger partial charge in [-0.1, -0.05) is 12.1 Å².